The molecule has 0 spiro atoms. The molecule has 0 saturated heterocycles. The predicted octanol–water partition coefficient (Wildman–Crippen LogP) is 2.08. The van der Waals surface area contributed by atoms with E-state index in [4.69, 9.17) is 0 Å². The number of rotatable bonds is 5. The molecule has 0 radical (unpaired) electrons. The van der Waals surface area contributed by atoms with E-state index in [2.05, 4.69) is 22.4 Å². The molecule has 0 aliphatic heterocycles. The van der Waals surface area contributed by atoms with Crippen LogP contribution in [0.2, 0.25) is 0 Å². The van der Waals surface area contributed by atoms with Gasteiger partial charge in [-0.3, -0.25) is 5.10 Å². The first-order valence-electron chi connectivity index (χ1n) is 5.56. The van der Waals surface area contributed by atoms with Crippen molar-refractivity contribution in [3.05, 3.63) is 18.0 Å². The molecule has 2 N–H and O–H groups in total. The van der Waals surface area contributed by atoms with E-state index in [1.165, 1.54) is 31.4 Å². The molecule has 3 heteroatoms. The van der Waals surface area contributed by atoms with Crippen LogP contribution >= 0.6 is 0 Å². The lowest BCUT2D eigenvalue weighted by atomic mass is 9.81. The van der Waals surface area contributed by atoms with Gasteiger partial charge in [-0.05, 0) is 25.3 Å². The SMILES string of the molecule is CC(CC1CCC1)NCc1ccn[nH]1. The minimum Gasteiger partial charge on any atom is -0.309 e. The van der Waals surface area contributed by atoms with Crippen LogP contribution in [0.1, 0.15) is 38.3 Å². The average Bonchev–Trinajstić information content (AvgIpc) is 2.60. The smallest absolute Gasteiger partial charge is 0.0490 e. The van der Waals surface area contributed by atoms with Crippen molar-refractivity contribution < 1.29 is 0 Å². The van der Waals surface area contributed by atoms with Gasteiger partial charge in [0.15, 0.2) is 0 Å². The number of hydrogen-bond acceptors (Lipinski definition) is 2. The standard InChI is InChI=1S/C11H19N3/c1-9(7-10-3-2-4-10)12-8-11-5-6-13-14-11/h5-6,9-10,12H,2-4,7-8H2,1H3,(H,13,14). The average molecular weight is 193 g/mol. The van der Waals surface area contributed by atoms with Crippen LogP contribution in [0.25, 0.3) is 0 Å². The van der Waals surface area contributed by atoms with E-state index >= 15 is 0 Å². The molecule has 14 heavy (non-hydrogen) atoms. The van der Waals surface area contributed by atoms with Crippen molar-refractivity contribution in [3.63, 3.8) is 0 Å². The van der Waals surface area contributed by atoms with Gasteiger partial charge in [0.05, 0.1) is 0 Å². The number of nitrogens with zero attached hydrogens (tertiary/aromatic N) is 1. The van der Waals surface area contributed by atoms with Gasteiger partial charge in [0.1, 0.15) is 0 Å². The third-order valence-corrected chi connectivity index (χ3v) is 3.11. The van der Waals surface area contributed by atoms with Crippen LogP contribution in [0, 0.1) is 5.92 Å². The number of nitrogens with one attached hydrogen (secondary N) is 2. The van der Waals surface area contributed by atoms with Crippen LogP contribution in [-0.4, -0.2) is 16.2 Å². The van der Waals surface area contributed by atoms with E-state index in [1.807, 2.05) is 6.07 Å². The fourth-order valence-corrected chi connectivity index (χ4v) is 1.98. The molecule has 1 heterocycles. The molecule has 3 nitrogen and oxygen atoms in total. The van der Waals surface area contributed by atoms with E-state index < -0.39 is 0 Å². The summed E-state index contributed by atoms with van der Waals surface area (Å²) in [4.78, 5) is 0. The van der Waals surface area contributed by atoms with Crippen LogP contribution in [0.5, 0.6) is 0 Å². The monoisotopic (exact) mass is 193 g/mol. The molecule has 0 amide bonds. The molecule has 1 saturated carbocycles. The highest BCUT2D eigenvalue weighted by Crippen LogP contribution is 2.30. The van der Waals surface area contributed by atoms with Crippen molar-refractivity contribution in [1.29, 1.82) is 0 Å². The first-order chi connectivity index (χ1) is 6.84. The maximum Gasteiger partial charge on any atom is 0.0490 e. The first kappa shape index (κ1) is 9.71. The van der Waals surface area contributed by atoms with Crippen LogP contribution in [0.4, 0.5) is 0 Å². The number of aromatic nitrogens is 2. The van der Waals surface area contributed by atoms with Gasteiger partial charge >= 0.3 is 0 Å². The maximum atomic E-state index is 3.92. The Kier molecular flexibility index (Phi) is 3.19. The van der Waals surface area contributed by atoms with Gasteiger partial charge in [-0.1, -0.05) is 19.3 Å². The molecule has 1 unspecified atom stereocenters. The number of aromatic amines is 1. The summed E-state index contributed by atoms with van der Waals surface area (Å²) in [5.74, 6) is 0.985. The lowest BCUT2D eigenvalue weighted by molar-refractivity contribution is 0.265. The highest BCUT2D eigenvalue weighted by atomic mass is 15.1. The van der Waals surface area contributed by atoms with Crippen molar-refractivity contribution in [1.82, 2.24) is 15.5 Å². The summed E-state index contributed by atoms with van der Waals surface area (Å²) < 4.78 is 0. The van der Waals surface area contributed by atoms with Crippen LogP contribution in [0.15, 0.2) is 12.3 Å². The zero-order chi connectivity index (χ0) is 9.80. The molecule has 1 fully saturated rings. The molecule has 1 aromatic heterocycles. The van der Waals surface area contributed by atoms with Gasteiger partial charge in [-0.15, -0.1) is 0 Å². The molecule has 0 aromatic carbocycles. The largest absolute Gasteiger partial charge is 0.309 e. The highest BCUT2D eigenvalue weighted by molar-refractivity contribution is 4.96. The molecule has 2 rings (SSSR count). The first-order valence-corrected chi connectivity index (χ1v) is 5.56. The third kappa shape index (κ3) is 2.58. The number of H-pyrrole nitrogens is 1. The van der Waals surface area contributed by atoms with Crippen molar-refractivity contribution in [2.45, 2.75) is 45.2 Å². The molecule has 1 aliphatic carbocycles. The van der Waals surface area contributed by atoms with Crippen LogP contribution in [0.3, 0.4) is 0 Å². The summed E-state index contributed by atoms with van der Waals surface area (Å²) in [6.45, 7) is 3.18. The Labute approximate surface area is 85.3 Å². The fraction of sp³-hybridized carbons (Fsp3) is 0.727. The molecular formula is C11H19N3. The lowest BCUT2D eigenvalue weighted by Crippen LogP contribution is -2.29. The Morgan fingerprint density at radius 2 is 2.50 bits per heavy atom. The number of hydrogen-bond donors (Lipinski definition) is 2. The normalized spacial score (nSPS) is 19.2. The van der Waals surface area contributed by atoms with Gasteiger partial charge in [0, 0.05) is 24.5 Å². The van der Waals surface area contributed by atoms with E-state index in [1.54, 1.807) is 6.20 Å². The molecular weight excluding hydrogens is 174 g/mol. The molecule has 1 atom stereocenters. The van der Waals surface area contributed by atoms with E-state index in [0.717, 1.165) is 12.5 Å². The second-order valence-corrected chi connectivity index (χ2v) is 4.40. The molecule has 1 aliphatic rings. The van der Waals surface area contributed by atoms with Gasteiger partial charge < -0.3 is 5.32 Å². The summed E-state index contributed by atoms with van der Waals surface area (Å²) in [5.41, 5.74) is 1.17. The van der Waals surface area contributed by atoms with Crippen molar-refractivity contribution in [3.8, 4) is 0 Å². The Morgan fingerprint density at radius 1 is 1.64 bits per heavy atom. The Morgan fingerprint density at radius 3 is 3.07 bits per heavy atom. The Balaban J connectivity index is 1.64. The summed E-state index contributed by atoms with van der Waals surface area (Å²) in [7, 11) is 0. The minimum atomic E-state index is 0.628. The van der Waals surface area contributed by atoms with E-state index in [-0.39, 0.29) is 0 Å². The molecule has 78 valence electrons. The van der Waals surface area contributed by atoms with Crippen molar-refractivity contribution >= 4 is 0 Å². The lowest BCUT2D eigenvalue weighted by Gasteiger charge is -2.28. The van der Waals surface area contributed by atoms with Gasteiger partial charge in [-0.25, -0.2) is 0 Å². The predicted molar refractivity (Wildman–Crippen MR) is 56.8 cm³/mol. The molecule has 0 bridgehead atoms. The topological polar surface area (TPSA) is 40.7 Å². The zero-order valence-electron chi connectivity index (χ0n) is 8.79. The van der Waals surface area contributed by atoms with Crippen LogP contribution < -0.4 is 5.32 Å². The second kappa shape index (κ2) is 4.60. The highest BCUT2D eigenvalue weighted by Gasteiger charge is 2.19. The van der Waals surface area contributed by atoms with E-state index in [0.29, 0.717) is 6.04 Å². The quantitative estimate of drug-likeness (QED) is 0.751. The summed E-state index contributed by atoms with van der Waals surface area (Å²) in [6, 6.07) is 2.65. The van der Waals surface area contributed by atoms with Gasteiger partial charge in [0.25, 0.3) is 0 Å². The summed E-state index contributed by atoms with van der Waals surface area (Å²) in [5, 5.41) is 10.4. The summed E-state index contributed by atoms with van der Waals surface area (Å²) in [6.07, 6.45) is 7.45. The Bertz CT molecular complexity index is 252. The maximum absolute atomic E-state index is 3.92. The zero-order valence-corrected chi connectivity index (χ0v) is 8.79. The van der Waals surface area contributed by atoms with Crippen LogP contribution in [-0.2, 0) is 6.54 Å². The summed E-state index contributed by atoms with van der Waals surface area (Å²) >= 11 is 0. The van der Waals surface area contributed by atoms with Gasteiger partial charge in [0.2, 0.25) is 0 Å². The minimum absolute atomic E-state index is 0.628. The van der Waals surface area contributed by atoms with E-state index in [9.17, 15) is 0 Å². The fourth-order valence-electron chi connectivity index (χ4n) is 1.98. The molecule has 1 aromatic rings. The third-order valence-electron chi connectivity index (χ3n) is 3.11. The Hall–Kier alpha value is -0.830. The van der Waals surface area contributed by atoms with Crippen molar-refractivity contribution in [2.24, 2.45) is 5.92 Å². The van der Waals surface area contributed by atoms with Crippen molar-refractivity contribution in [2.75, 3.05) is 0 Å². The second-order valence-electron chi connectivity index (χ2n) is 4.40. The van der Waals surface area contributed by atoms with Gasteiger partial charge in [-0.2, -0.15) is 5.10 Å².